The van der Waals surface area contributed by atoms with E-state index in [2.05, 4.69) is 10.3 Å². The minimum absolute atomic E-state index is 0.0241. The van der Waals surface area contributed by atoms with Crippen molar-refractivity contribution in [2.75, 3.05) is 6.61 Å². The van der Waals surface area contributed by atoms with Crippen LogP contribution in [0.15, 0.2) is 18.3 Å². The molecule has 4 nitrogen and oxygen atoms in total. The van der Waals surface area contributed by atoms with Crippen molar-refractivity contribution >= 4 is 17.5 Å². The molecule has 88 valence electrons. The highest BCUT2D eigenvalue weighted by Crippen LogP contribution is 2.11. The van der Waals surface area contributed by atoms with Gasteiger partial charge in [-0.2, -0.15) is 0 Å². The Morgan fingerprint density at radius 3 is 2.88 bits per heavy atom. The summed E-state index contributed by atoms with van der Waals surface area (Å²) in [5.74, 6) is -0.291. The van der Waals surface area contributed by atoms with Crippen molar-refractivity contribution in [3.63, 3.8) is 0 Å². The van der Waals surface area contributed by atoms with Crippen LogP contribution in [0.25, 0.3) is 0 Å². The van der Waals surface area contributed by atoms with Crippen LogP contribution in [0.5, 0.6) is 0 Å². The van der Waals surface area contributed by atoms with Crippen molar-refractivity contribution in [1.29, 1.82) is 0 Å². The largest absolute Gasteiger partial charge is 0.396 e. The molecule has 0 bridgehead atoms. The average Bonchev–Trinajstić information content (AvgIpc) is 2.16. The van der Waals surface area contributed by atoms with Crippen molar-refractivity contribution in [2.24, 2.45) is 0 Å². The number of aliphatic hydroxyl groups is 1. The zero-order valence-electron chi connectivity index (χ0n) is 9.33. The van der Waals surface area contributed by atoms with Crippen LogP contribution in [0.4, 0.5) is 0 Å². The fourth-order valence-corrected chi connectivity index (χ4v) is 1.40. The maximum Gasteiger partial charge on any atom is 0.270 e. The number of pyridine rings is 1. The van der Waals surface area contributed by atoms with Gasteiger partial charge in [0, 0.05) is 23.4 Å². The number of rotatable bonds is 4. The SMILES string of the molecule is CC(C)(CCO)NC(=O)c1cc(Cl)ccn1. The standard InChI is InChI=1S/C11H15ClN2O2/c1-11(2,4-6-15)14-10(16)9-7-8(12)3-5-13-9/h3,5,7,15H,4,6H2,1-2H3,(H,14,16). The highest BCUT2D eigenvalue weighted by Gasteiger charge is 2.21. The average molecular weight is 243 g/mol. The molecule has 0 spiro atoms. The Bertz CT molecular complexity index is 380. The lowest BCUT2D eigenvalue weighted by Gasteiger charge is -2.25. The van der Waals surface area contributed by atoms with Gasteiger partial charge in [-0.1, -0.05) is 11.6 Å². The van der Waals surface area contributed by atoms with E-state index in [0.717, 1.165) is 0 Å². The second-order valence-corrected chi connectivity index (χ2v) is 4.61. The topological polar surface area (TPSA) is 62.2 Å². The third-order valence-corrected chi connectivity index (χ3v) is 2.38. The molecular weight excluding hydrogens is 228 g/mol. The Hall–Kier alpha value is -1.13. The van der Waals surface area contributed by atoms with E-state index in [1.165, 1.54) is 12.3 Å². The molecule has 1 heterocycles. The van der Waals surface area contributed by atoms with Crippen LogP contribution in [0.1, 0.15) is 30.8 Å². The van der Waals surface area contributed by atoms with Gasteiger partial charge in [0.05, 0.1) is 0 Å². The minimum atomic E-state index is -0.462. The molecule has 0 radical (unpaired) electrons. The number of aromatic nitrogens is 1. The number of carbonyl (C=O) groups excluding carboxylic acids is 1. The molecule has 0 aliphatic rings. The van der Waals surface area contributed by atoms with Crippen LogP contribution < -0.4 is 5.32 Å². The van der Waals surface area contributed by atoms with Gasteiger partial charge in [-0.15, -0.1) is 0 Å². The molecule has 0 unspecified atom stereocenters. The number of carbonyl (C=O) groups is 1. The molecule has 1 aromatic heterocycles. The lowest BCUT2D eigenvalue weighted by atomic mass is 10.0. The van der Waals surface area contributed by atoms with Gasteiger partial charge in [-0.25, -0.2) is 0 Å². The zero-order valence-corrected chi connectivity index (χ0v) is 10.1. The van der Waals surface area contributed by atoms with Crippen LogP contribution in [-0.4, -0.2) is 28.1 Å². The molecule has 1 rings (SSSR count). The van der Waals surface area contributed by atoms with Gasteiger partial charge in [0.1, 0.15) is 5.69 Å². The Balaban J connectivity index is 2.72. The van der Waals surface area contributed by atoms with Crippen LogP contribution in [0.3, 0.4) is 0 Å². The van der Waals surface area contributed by atoms with Crippen molar-refractivity contribution < 1.29 is 9.90 Å². The first-order valence-corrected chi connectivity index (χ1v) is 5.37. The van der Waals surface area contributed by atoms with E-state index < -0.39 is 5.54 Å². The third-order valence-electron chi connectivity index (χ3n) is 2.14. The number of hydrogen-bond donors (Lipinski definition) is 2. The first-order valence-electron chi connectivity index (χ1n) is 4.99. The summed E-state index contributed by atoms with van der Waals surface area (Å²) in [5, 5.41) is 12.1. The number of halogens is 1. The molecule has 0 saturated heterocycles. The molecule has 0 fully saturated rings. The van der Waals surface area contributed by atoms with E-state index in [1.807, 2.05) is 13.8 Å². The quantitative estimate of drug-likeness (QED) is 0.844. The van der Waals surface area contributed by atoms with Crippen LogP contribution in [0.2, 0.25) is 5.02 Å². The van der Waals surface area contributed by atoms with E-state index in [0.29, 0.717) is 11.4 Å². The maximum atomic E-state index is 11.8. The molecule has 0 aromatic carbocycles. The Morgan fingerprint density at radius 1 is 1.62 bits per heavy atom. The highest BCUT2D eigenvalue weighted by molar-refractivity contribution is 6.30. The minimum Gasteiger partial charge on any atom is -0.396 e. The van der Waals surface area contributed by atoms with E-state index in [9.17, 15) is 4.79 Å². The van der Waals surface area contributed by atoms with Crippen LogP contribution in [-0.2, 0) is 0 Å². The van der Waals surface area contributed by atoms with Crippen LogP contribution >= 0.6 is 11.6 Å². The van der Waals surface area contributed by atoms with E-state index in [4.69, 9.17) is 16.7 Å². The van der Waals surface area contributed by atoms with Crippen molar-refractivity contribution in [3.05, 3.63) is 29.0 Å². The molecule has 0 aliphatic carbocycles. The van der Waals surface area contributed by atoms with E-state index >= 15 is 0 Å². The molecule has 2 N–H and O–H groups in total. The smallest absolute Gasteiger partial charge is 0.270 e. The molecule has 1 amide bonds. The first-order chi connectivity index (χ1) is 7.44. The zero-order chi connectivity index (χ0) is 12.2. The summed E-state index contributed by atoms with van der Waals surface area (Å²) in [6, 6.07) is 3.11. The number of nitrogens with one attached hydrogen (secondary N) is 1. The van der Waals surface area contributed by atoms with Gasteiger partial charge in [0.15, 0.2) is 0 Å². The number of aliphatic hydroxyl groups excluding tert-OH is 1. The first kappa shape index (κ1) is 12.9. The fraction of sp³-hybridized carbons (Fsp3) is 0.455. The fourth-order valence-electron chi connectivity index (χ4n) is 1.24. The van der Waals surface area contributed by atoms with Crippen molar-refractivity contribution in [2.45, 2.75) is 25.8 Å². The Labute approximate surface area is 99.6 Å². The van der Waals surface area contributed by atoms with Gasteiger partial charge in [0.25, 0.3) is 5.91 Å². The highest BCUT2D eigenvalue weighted by atomic mass is 35.5. The van der Waals surface area contributed by atoms with Crippen LogP contribution in [0, 0.1) is 0 Å². The maximum absolute atomic E-state index is 11.8. The summed E-state index contributed by atoms with van der Waals surface area (Å²) in [4.78, 5) is 15.7. The Kier molecular flexibility index (Phi) is 4.26. The molecule has 1 aromatic rings. The predicted octanol–water partition coefficient (Wildman–Crippen LogP) is 1.63. The molecular formula is C11H15ClN2O2. The van der Waals surface area contributed by atoms with Gasteiger partial charge < -0.3 is 10.4 Å². The van der Waals surface area contributed by atoms with E-state index in [-0.39, 0.29) is 18.2 Å². The molecule has 5 heteroatoms. The lowest BCUT2D eigenvalue weighted by molar-refractivity contribution is 0.0894. The third kappa shape index (κ3) is 3.79. The molecule has 0 atom stereocenters. The monoisotopic (exact) mass is 242 g/mol. The summed E-state index contributed by atoms with van der Waals surface area (Å²) < 4.78 is 0. The van der Waals surface area contributed by atoms with Crippen molar-refractivity contribution in [1.82, 2.24) is 10.3 Å². The lowest BCUT2D eigenvalue weighted by Crippen LogP contribution is -2.44. The van der Waals surface area contributed by atoms with Gasteiger partial charge in [-0.05, 0) is 32.4 Å². The summed E-state index contributed by atoms with van der Waals surface area (Å²) in [6.07, 6.45) is 1.97. The molecule has 16 heavy (non-hydrogen) atoms. The van der Waals surface area contributed by atoms with Crippen molar-refractivity contribution in [3.8, 4) is 0 Å². The summed E-state index contributed by atoms with van der Waals surface area (Å²) >= 11 is 5.76. The summed E-state index contributed by atoms with van der Waals surface area (Å²) in [7, 11) is 0. The predicted molar refractivity (Wildman–Crippen MR) is 62.5 cm³/mol. The van der Waals surface area contributed by atoms with Gasteiger partial charge >= 0.3 is 0 Å². The number of amides is 1. The number of nitrogens with zero attached hydrogens (tertiary/aromatic N) is 1. The van der Waals surface area contributed by atoms with Gasteiger partial charge in [0.2, 0.25) is 0 Å². The molecule has 0 saturated carbocycles. The molecule has 0 aliphatic heterocycles. The second-order valence-electron chi connectivity index (χ2n) is 4.17. The number of hydrogen-bond acceptors (Lipinski definition) is 3. The normalized spacial score (nSPS) is 11.2. The van der Waals surface area contributed by atoms with E-state index in [1.54, 1.807) is 6.07 Å². The summed E-state index contributed by atoms with van der Waals surface area (Å²) in [6.45, 7) is 3.70. The van der Waals surface area contributed by atoms with Gasteiger partial charge in [-0.3, -0.25) is 9.78 Å². The summed E-state index contributed by atoms with van der Waals surface area (Å²) in [5.41, 5.74) is -0.186. The second kappa shape index (κ2) is 5.27. The Morgan fingerprint density at radius 2 is 2.31 bits per heavy atom.